The van der Waals surface area contributed by atoms with Gasteiger partial charge in [0, 0.05) is 30.6 Å². The minimum Gasteiger partial charge on any atom is -0.481 e. The molecule has 1 aromatic heterocycles. The number of benzene rings is 1. The van der Waals surface area contributed by atoms with Gasteiger partial charge in [0.2, 0.25) is 5.88 Å². The van der Waals surface area contributed by atoms with E-state index < -0.39 is 0 Å². The highest BCUT2D eigenvalue weighted by molar-refractivity contribution is 5.80. The number of pyridine rings is 1. The van der Waals surface area contributed by atoms with Crippen molar-refractivity contribution < 1.29 is 9.84 Å². The first kappa shape index (κ1) is 15.3. The van der Waals surface area contributed by atoms with Gasteiger partial charge >= 0.3 is 0 Å². The molecule has 1 saturated heterocycles. The fourth-order valence-corrected chi connectivity index (χ4v) is 3.28. The zero-order valence-electron chi connectivity index (χ0n) is 13.4. The van der Waals surface area contributed by atoms with Crippen LogP contribution in [0.4, 0.5) is 0 Å². The summed E-state index contributed by atoms with van der Waals surface area (Å²) in [5.41, 5.74) is 3.31. The lowest BCUT2D eigenvalue weighted by Crippen LogP contribution is -2.36. The fourth-order valence-electron chi connectivity index (χ4n) is 3.28. The number of likely N-dealkylation sites (tertiary alicyclic amines) is 1. The Kier molecular flexibility index (Phi) is 4.60. The molecule has 2 aromatic rings. The molecule has 0 saturated carbocycles. The summed E-state index contributed by atoms with van der Waals surface area (Å²) in [6, 6.07) is 8.50. The van der Waals surface area contributed by atoms with Crippen LogP contribution >= 0.6 is 0 Å². The molecule has 1 aromatic carbocycles. The average Bonchev–Trinajstić information content (AvgIpc) is 2.54. The Morgan fingerprint density at radius 3 is 3.00 bits per heavy atom. The maximum atomic E-state index is 9.38. The molecule has 118 valence electrons. The summed E-state index contributed by atoms with van der Waals surface area (Å²) in [4.78, 5) is 7.05. The summed E-state index contributed by atoms with van der Waals surface area (Å²) in [5, 5.41) is 10.5. The lowest BCUT2D eigenvalue weighted by atomic mass is 9.98. The van der Waals surface area contributed by atoms with Crippen LogP contribution in [0.5, 0.6) is 5.88 Å². The van der Waals surface area contributed by atoms with Gasteiger partial charge in [-0.2, -0.15) is 0 Å². The van der Waals surface area contributed by atoms with E-state index in [4.69, 9.17) is 4.74 Å². The van der Waals surface area contributed by atoms with Crippen molar-refractivity contribution in [1.82, 2.24) is 9.88 Å². The number of aliphatic hydroxyl groups excluding tert-OH is 1. The quantitative estimate of drug-likeness (QED) is 0.943. The fraction of sp³-hybridized carbons (Fsp3) is 0.500. The largest absolute Gasteiger partial charge is 0.481 e. The molecule has 1 atom stereocenters. The summed E-state index contributed by atoms with van der Waals surface area (Å²) in [5.74, 6) is 1.11. The zero-order chi connectivity index (χ0) is 15.5. The van der Waals surface area contributed by atoms with Crippen molar-refractivity contribution in [2.75, 3.05) is 26.8 Å². The molecule has 3 rings (SSSR count). The van der Waals surface area contributed by atoms with Crippen molar-refractivity contribution >= 4 is 10.9 Å². The number of hydrogen-bond acceptors (Lipinski definition) is 4. The monoisotopic (exact) mass is 300 g/mol. The molecule has 1 fully saturated rings. The van der Waals surface area contributed by atoms with E-state index in [-0.39, 0.29) is 6.61 Å². The smallest absolute Gasteiger partial charge is 0.218 e. The van der Waals surface area contributed by atoms with E-state index in [1.807, 2.05) is 0 Å². The van der Waals surface area contributed by atoms with E-state index in [2.05, 4.69) is 41.1 Å². The molecule has 4 nitrogen and oxygen atoms in total. The molecule has 1 aliphatic rings. The second-order valence-corrected chi connectivity index (χ2v) is 6.28. The van der Waals surface area contributed by atoms with Crippen LogP contribution in [-0.2, 0) is 6.54 Å². The average molecular weight is 300 g/mol. The third-order valence-corrected chi connectivity index (χ3v) is 4.46. The summed E-state index contributed by atoms with van der Waals surface area (Å²) in [6.45, 7) is 5.21. The Balaban J connectivity index is 1.87. The molecule has 0 spiro atoms. The molecule has 1 N–H and O–H groups in total. The predicted octanol–water partition coefficient (Wildman–Crippen LogP) is 2.76. The van der Waals surface area contributed by atoms with Gasteiger partial charge in [-0.1, -0.05) is 12.1 Å². The van der Waals surface area contributed by atoms with E-state index in [1.165, 1.54) is 5.56 Å². The molecule has 1 unspecified atom stereocenters. The van der Waals surface area contributed by atoms with E-state index in [0.717, 1.165) is 48.9 Å². The van der Waals surface area contributed by atoms with E-state index in [1.54, 1.807) is 7.11 Å². The van der Waals surface area contributed by atoms with Crippen LogP contribution in [0.1, 0.15) is 24.0 Å². The maximum Gasteiger partial charge on any atom is 0.218 e. The first-order chi connectivity index (χ1) is 10.7. The van der Waals surface area contributed by atoms with E-state index >= 15 is 0 Å². The number of aryl methyl sites for hydroxylation is 1. The molecular formula is C18H24N2O2. The highest BCUT2D eigenvalue weighted by atomic mass is 16.5. The number of hydrogen-bond donors (Lipinski definition) is 1. The Labute approximate surface area is 131 Å². The zero-order valence-corrected chi connectivity index (χ0v) is 13.4. The Morgan fingerprint density at radius 2 is 2.23 bits per heavy atom. The normalized spacial score (nSPS) is 19.5. The van der Waals surface area contributed by atoms with Crippen LogP contribution in [0.15, 0.2) is 24.3 Å². The molecule has 22 heavy (non-hydrogen) atoms. The van der Waals surface area contributed by atoms with E-state index in [0.29, 0.717) is 11.8 Å². The standard InChI is InChI=1S/C18H24N2O2/c1-13-5-6-15-9-16(18(22-2)19-17(15)8-13)11-20-7-3-4-14(10-20)12-21/h5-6,8-9,14,21H,3-4,7,10-12H2,1-2H3. The lowest BCUT2D eigenvalue weighted by molar-refractivity contribution is 0.115. The minimum absolute atomic E-state index is 0.281. The molecule has 0 aliphatic carbocycles. The van der Waals surface area contributed by atoms with Gasteiger partial charge in [0.15, 0.2) is 0 Å². The number of fused-ring (bicyclic) bond motifs is 1. The van der Waals surface area contributed by atoms with Gasteiger partial charge in [-0.25, -0.2) is 4.98 Å². The first-order valence-electron chi connectivity index (χ1n) is 7.97. The van der Waals surface area contributed by atoms with E-state index in [9.17, 15) is 5.11 Å². The molecule has 1 aliphatic heterocycles. The van der Waals surface area contributed by atoms with Crippen molar-refractivity contribution in [2.24, 2.45) is 5.92 Å². The van der Waals surface area contributed by atoms with Crippen molar-refractivity contribution in [1.29, 1.82) is 0 Å². The van der Waals surface area contributed by atoms with Gasteiger partial charge in [-0.05, 0) is 49.9 Å². The van der Waals surface area contributed by atoms with Gasteiger partial charge in [0.1, 0.15) is 0 Å². The molecule has 2 heterocycles. The van der Waals surface area contributed by atoms with Crippen LogP contribution in [0.3, 0.4) is 0 Å². The van der Waals surface area contributed by atoms with Gasteiger partial charge in [-0.3, -0.25) is 4.90 Å². The highest BCUT2D eigenvalue weighted by Crippen LogP contribution is 2.26. The number of piperidine rings is 1. The first-order valence-corrected chi connectivity index (χ1v) is 7.97. The van der Waals surface area contributed by atoms with Crippen LogP contribution in [0.25, 0.3) is 10.9 Å². The summed E-state index contributed by atoms with van der Waals surface area (Å²) in [6.07, 6.45) is 2.27. The van der Waals surface area contributed by atoms with Crippen LogP contribution < -0.4 is 4.74 Å². The number of methoxy groups -OCH3 is 1. The molecule has 0 amide bonds. The molecule has 4 heteroatoms. The number of rotatable bonds is 4. The van der Waals surface area contributed by atoms with Crippen molar-refractivity contribution in [3.05, 3.63) is 35.4 Å². The lowest BCUT2D eigenvalue weighted by Gasteiger charge is -2.32. The molecule has 0 bridgehead atoms. The second kappa shape index (κ2) is 6.63. The third-order valence-electron chi connectivity index (χ3n) is 4.46. The molecule has 0 radical (unpaired) electrons. The van der Waals surface area contributed by atoms with Crippen molar-refractivity contribution in [2.45, 2.75) is 26.3 Å². The van der Waals surface area contributed by atoms with Crippen molar-refractivity contribution in [3.63, 3.8) is 0 Å². The van der Waals surface area contributed by atoms with Crippen LogP contribution in [0, 0.1) is 12.8 Å². The van der Waals surface area contributed by atoms with Gasteiger partial charge in [0.05, 0.1) is 12.6 Å². The summed E-state index contributed by atoms with van der Waals surface area (Å²) >= 11 is 0. The predicted molar refractivity (Wildman–Crippen MR) is 88.1 cm³/mol. The Morgan fingerprint density at radius 1 is 1.36 bits per heavy atom. The minimum atomic E-state index is 0.281. The third kappa shape index (κ3) is 3.23. The van der Waals surface area contributed by atoms with Crippen LogP contribution in [-0.4, -0.2) is 41.8 Å². The Hall–Kier alpha value is -1.65. The molecular weight excluding hydrogens is 276 g/mol. The number of aliphatic hydroxyl groups is 1. The number of ether oxygens (including phenoxy) is 1. The summed E-state index contributed by atoms with van der Waals surface area (Å²) in [7, 11) is 1.68. The second-order valence-electron chi connectivity index (χ2n) is 6.28. The SMILES string of the molecule is COc1nc2cc(C)ccc2cc1CN1CCCC(CO)C1. The summed E-state index contributed by atoms with van der Waals surface area (Å²) < 4.78 is 5.50. The Bertz CT molecular complexity index is 657. The topological polar surface area (TPSA) is 45.6 Å². The van der Waals surface area contributed by atoms with Gasteiger partial charge < -0.3 is 9.84 Å². The van der Waals surface area contributed by atoms with Crippen LogP contribution in [0.2, 0.25) is 0 Å². The maximum absolute atomic E-state index is 9.38. The number of aromatic nitrogens is 1. The van der Waals surface area contributed by atoms with Crippen molar-refractivity contribution in [3.8, 4) is 5.88 Å². The number of nitrogens with zero attached hydrogens (tertiary/aromatic N) is 2. The van der Waals surface area contributed by atoms with Gasteiger partial charge in [-0.15, -0.1) is 0 Å². The van der Waals surface area contributed by atoms with Gasteiger partial charge in [0.25, 0.3) is 0 Å². The highest BCUT2D eigenvalue weighted by Gasteiger charge is 2.20.